The van der Waals surface area contributed by atoms with Gasteiger partial charge in [-0.2, -0.15) is 0 Å². The summed E-state index contributed by atoms with van der Waals surface area (Å²) in [6, 6.07) is 0. The molecule has 2 unspecified atom stereocenters. The van der Waals surface area contributed by atoms with Gasteiger partial charge in [0.2, 0.25) is 0 Å². The van der Waals surface area contributed by atoms with E-state index in [9.17, 15) is 0 Å². The summed E-state index contributed by atoms with van der Waals surface area (Å²) in [5, 5.41) is 0. The summed E-state index contributed by atoms with van der Waals surface area (Å²) in [5.41, 5.74) is 6.09. The van der Waals surface area contributed by atoms with Gasteiger partial charge in [0.05, 0.1) is 0 Å². The van der Waals surface area contributed by atoms with Crippen molar-refractivity contribution in [2.24, 2.45) is 28.5 Å². The van der Waals surface area contributed by atoms with E-state index >= 15 is 0 Å². The molecule has 1 aliphatic heterocycles. The van der Waals surface area contributed by atoms with Crippen LogP contribution in [-0.4, -0.2) is 30.5 Å². The number of piperidine rings is 1. The van der Waals surface area contributed by atoms with Gasteiger partial charge in [-0.3, -0.25) is 4.99 Å². The summed E-state index contributed by atoms with van der Waals surface area (Å²) in [7, 11) is 0. The van der Waals surface area contributed by atoms with Crippen molar-refractivity contribution in [2.45, 2.75) is 46.0 Å². The highest BCUT2D eigenvalue weighted by molar-refractivity contribution is 5.78. The van der Waals surface area contributed by atoms with E-state index in [1.807, 2.05) is 0 Å². The number of guanidine groups is 1. The number of rotatable bonds is 2. The number of hydrogen-bond donors (Lipinski definition) is 1. The van der Waals surface area contributed by atoms with Crippen LogP contribution in [0.3, 0.4) is 0 Å². The molecule has 2 rings (SSSR count). The molecule has 1 heterocycles. The lowest BCUT2D eigenvalue weighted by atomic mass is 9.75. The molecule has 2 atom stereocenters. The van der Waals surface area contributed by atoms with Crippen LogP contribution < -0.4 is 5.73 Å². The highest BCUT2D eigenvalue weighted by Gasteiger charge is 2.31. The fourth-order valence-electron chi connectivity index (χ4n) is 3.19. The Balaban J connectivity index is 1.88. The normalized spacial score (nSPS) is 30.5. The predicted octanol–water partition coefficient (Wildman–Crippen LogP) is 2.47. The SMILES string of the molecule is CC(C)CN=C(N)N1CCC2CCCCC2C1. The first-order chi connectivity index (χ1) is 8.16. The molecule has 2 fully saturated rings. The monoisotopic (exact) mass is 237 g/mol. The molecule has 2 N–H and O–H groups in total. The largest absolute Gasteiger partial charge is 0.370 e. The minimum Gasteiger partial charge on any atom is -0.370 e. The van der Waals surface area contributed by atoms with Crippen molar-refractivity contribution >= 4 is 5.96 Å². The van der Waals surface area contributed by atoms with E-state index in [2.05, 4.69) is 23.7 Å². The van der Waals surface area contributed by atoms with Crippen molar-refractivity contribution in [3.05, 3.63) is 0 Å². The third-order valence-electron chi connectivity index (χ3n) is 4.23. The summed E-state index contributed by atoms with van der Waals surface area (Å²) in [6.45, 7) is 7.50. The smallest absolute Gasteiger partial charge is 0.191 e. The molecule has 3 heteroatoms. The molecular formula is C14H27N3. The van der Waals surface area contributed by atoms with Gasteiger partial charge < -0.3 is 10.6 Å². The van der Waals surface area contributed by atoms with Gasteiger partial charge in [0, 0.05) is 19.6 Å². The first kappa shape index (κ1) is 12.7. The van der Waals surface area contributed by atoms with Crippen LogP contribution in [0.4, 0.5) is 0 Å². The molecule has 0 bridgehead atoms. The maximum atomic E-state index is 6.09. The Morgan fingerprint density at radius 1 is 1.24 bits per heavy atom. The van der Waals surface area contributed by atoms with Gasteiger partial charge in [-0.05, 0) is 30.6 Å². The average Bonchev–Trinajstić information content (AvgIpc) is 2.35. The molecule has 2 aliphatic rings. The lowest BCUT2D eigenvalue weighted by Crippen LogP contribution is -2.47. The van der Waals surface area contributed by atoms with E-state index in [-0.39, 0.29) is 0 Å². The highest BCUT2D eigenvalue weighted by atomic mass is 15.3. The van der Waals surface area contributed by atoms with Crippen LogP contribution in [0.2, 0.25) is 0 Å². The van der Waals surface area contributed by atoms with Gasteiger partial charge >= 0.3 is 0 Å². The molecule has 0 amide bonds. The zero-order valence-corrected chi connectivity index (χ0v) is 11.4. The Labute approximate surface area is 105 Å². The quantitative estimate of drug-likeness (QED) is 0.592. The fourth-order valence-corrected chi connectivity index (χ4v) is 3.19. The van der Waals surface area contributed by atoms with Crippen molar-refractivity contribution in [1.29, 1.82) is 0 Å². The van der Waals surface area contributed by atoms with Gasteiger partial charge in [-0.1, -0.05) is 33.1 Å². The number of likely N-dealkylation sites (tertiary alicyclic amines) is 1. The summed E-state index contributed by atoms with van der Waals surface area (Å²) >= 11 is 0. The summed E-state index contributed by atoms with van der Waals surface area (Å²) in [5.74, 6) is 3.23. The molecule has 1 saturated heterocycles. The Hall–Kier alpha value is -0.730. The van der Waals surface area contributed by atoms with E-state index in [4.69, 9.17) is 5.73 Å². The van der Waals surface area contributed by atoms with Gasteiger partial charge in [0.15, 0.2) is 5.96 Å². The zero-order chi connectivity index (χ0) is 12.3. The van der Waals surface area contributed by atoms with Crippen LogP contribution in [0.15, 0.2) is 4.99 Å². The fraction of sp³-hybridized carbons (Fsp3) is 0.929. The third kappa shape index (κ3) is 3.36. The Kier molecular flexibility index (Phi) is 4.30. The molecule has 1 saturated carbocycles. The summed E-state index contributed by atoms with van der Waals surface area (Å²) in [6.07, 6.45) is 7.03. The van der Waals surface area contributed by atoms with Gasteiger partial charge in [0.25, 0.3) is 0 Å². The first-order valence-corrected chi connectivity index (χ1v) is 7.21. The average molecular weight is 237 g/mol. The van der Waals surface area contributed by atoms with Crippen LogP contribution in [0.1, 0.15) is 46.0 Å². The number of aliphatic imine (C=N–C) groups is 1. The number of nitrogens with two attached hydrogens (primary N) is 1. The van der Waals surface area contributed by atoms with E-state index < -0.39 is 0 Å². The Morgan fingerprint density at radius 2 is 1.94 bits per heavy atom. The maximum absolute atomic E-state index is 6.09. The standard InChI is InChI=1S/C14H27N3/c1-11(2)9-16-14(15)17-8-7-12-5-3-4-6-13(12)10-17/h11-13H,3-10H2,1-2H3,(H2,15,16). The molecule has 1 aliphatic carbocycles. The number of fused-ring (bicyclic) bond motifs is 1. The molecular weight excluding hydrogens is 210 g/mol. The van der Waals surface area contributed by atoms with Crippen molar-refractivity contribution < 1.29 is 0 Å². The zero-order valence-electron chi connectivity index (χ0n) is 11.4. The molecule has 17 heavy (non-hydrogen) atoms. The minimum absolute atomic E-state index is 0.598. The van der Waals surface area contributed by atoms with Gasteiger partial charge in [-0.15, -0.1) is 0 Å². The molecule has 0 aromatic rings. The molecule has 0 aromatic carbocycles. The van der Waals surface area contributed by atoms with Crippen molar-refractivity contribution in [1.82, 2.24) is 4.90 Å². The maximum Gasteiger partial charge on any atom is 0.191 e. The Bertz CT molecular complexity index is 273. The van der Waals surface area contributed by atoms with Crippen LogP contribution in [0.25, 0.3) is 0 Å². The van der Waals surface area contributed by atoms with Crippen LogP contribution in [-0.2, 0) is 0 Å². The highest BCUT2D eigenvalue weighted by Crippen LogP contribution is 2.35. The molecule has 0 aromatic heterocycles. The van der Waals surface area contributed by atoms with E-state index in [1.165, 1.54) is 32.1 Å². The van der Waals surface area contributed by atoms with E-state index in [1.54, 1.807) is 0 Å². The van der Waals surface area contributed by atoms with Crippen molar-refractivity contribution in [2.75, 3.05) is 19.6 Å². The summed E-state index contributed by atoms with van der Waals surface area (Å²) < 4.78 is 0. The van der Waals surface area contributed by atoms with E-state index in [0.29, 0.717) is 5.92 Å². The second-order valence-corrected chi connectivity index (χ2v) is 6.13. The lowest BCUT2D eigenvalue weighted by Gasteiger charge is -2.41. The molecule has 0 radical (unpaired) electrons. The van der Waals surface area contributed by atoms with Gasteiger partial charge in [0.1, 0.15) is 0 Å². The van der Waals surface area contributed by atoms with Crippen LogP contribution >= 0.6 is 0 Å². The van der Waals surface area contributed by atoms with Crippen LogP contribution in [0.5, 0.6) is 0 Å². The lowest BCUT2D eigenvalue weighted by molar-refractivity contribution is 0.129. The van der Waals surface area contributed by atoms with E-state index in [0.717, 1.165) is 37.4 Å². The number of hydrogen-bond acceptors (Lipinski definition) is 1. The number of nitrogens with zero attached hydrogens (tertiary/aromatic N) is 2. The second kappa shape index (κ2) is 5.74. The topological polar surface area (TPSA) is 41.6 Å². The Morgan fingerprint density at radius 3 is 2.65 bits per heavy atom. The van der Waals surface area contributed by atoms with Crippen molar-refractivity contribution in [3.8, 4) is 0 Å². The molecule has 3 nitrogen and oxygen atoms in total. The second-order valence-electron chi connectivity index (χ2n) is 6.13. The first-order valence-electron chi connectivity index (χ1n) is 7.21. The third-order valence-corrected chi connectivity index (χ3v) is 4.23. The van der Waals surface area contributed by atoms with Crippen LogP contribution in [0, 0.1) is 17.8 Å². The minimum atomic E-state index is 0.598. The van der Waals surface area contributed by atoms with Gasteiger partial charge in [-0.25, -0.2) is 0 Å². The van der Waals surface area contributed by atoms with Crippen molar-refractivity contribution in [3.63, 3.8) is 0 Å². The molecule has 0 spiro atoms. The predicted molar refractivity (Wildman–Crippen MR) is 73.0 cm³/mol. The molecule has 98 valence electrons. The summed E-state index contributed by atoms with van der Waals surface area (Å²) in [4.78, 5) is 6.82.